The van der Waals surface area contributed by atoms with Gasteiger partial charge < -0.3 is 20.3 Å². The first kappa shape index (κ1) is 17.7. The fraction of sp³-hybridized carbons (Fsp3) is 0.316. The van der Waals surface area contributed by atoms with Crippen LogP contribution in [0.15, 0.2) is 42.5 Å². The van der Waals surface area contributed by atoms with Crippen molar-refractivity contribution in [3.63, 3.8) is 0 Å². The van der Waals surface area contributed by atoms with E-state index < -0.39 is 12.3 Å². The highest BCUT2D eigenvalue weighted by Gasteiger charge is 2.20. The van der Waals surface area contributed by atoms with Gasteiger partial charge in [-0.3, -0.25) is 0 Å². The molecule has 0 spiro atoms. The van der Waals surface area contributed by atoms with Crippen molar-refractivity contribution in [1.82, 2.24) is 5.32 Å². The molecular formula is C19H20ClNO4. The number of benzene rings is 2. The van der Waals surface area contributed by atoms with Crippen LogP contribution in [0.5, 0.6) is 5.75 Å². The molecule has 0 heterocycles. The number of ether oxygens (including phenoxy) is 1. The lowest BCUT2D eigenvalue weighted by Crippen LogP contribution is -2.37. The summed E-state index contributed by atoms with van der Waals surface area (Å²) in [5, 5.41) is 23.0. The second-order valence-electron chi connectivity index (χ2n) is 6.22. The van der Waals surface area contributed by atoms with Crippen molar-refractivity contribution in [2.75, 3.05) is 6.54 Å². The molecule has 132 valence electrons. The predicted molar refractivity (Wildman–Crippen MR) is 95.3 cm³/mol. The van der Waals surface area contributed by atoms with Crippen molar-refractivity contribution in [2.24, 2.45) is 0 Å². The van der Waals surface area contributed by atoms with Crippen LogP contribution in [0.4, 0.5) is 4.79 Å². The molecule has 0 radical (unpaired) electrons. The zero-order valence-electron chi connectivity index (χ0n) is 13.6. The summed E-state index contributed by atoms with van der Waals surface area (Å²) in [5.41, 5.74) is 3.08. The van der Waals surface area contributed by atoms with Crippen LogP contribution in [0, 0.1) is 0 Å². The van der Waals surface area contributed by atoms with Crippen LogP contribution in [0.2, 0.25) is 5.02 Å². The van der Waals surface area contributed by atoms with Gasteiger partial charge in [0.1, 0.15) is 5.75 Å². The quantitative estimate of drug-likeness (QED) is 0.560. The molecular weight excluding hydrogens is 342 g/mol. The zero-order chi connectivity index (χ0) is 17.8. The zero-order valence-corrected chi connectivity index (χ0v) is 14.4. The number of aryl methyl sites for hydroxylation is 1. The van der Waals surface area contributed by atoms with Crippen molar-refractivity contribution in [2.45, 2.75) is 31.4 Å². The summed E-state index contributed by atoms with van der Waals surface area (Å²) in [5.74, 6) is 0.339. The molecule has 2 aromatic rings. The molecule has 0 bridgehead atoms. The first-order valence-electron chi connectivity index (χ1n) is 8.21. The Morgan fingerprint density at radius 3 is 2.88 bits per heavy atom. The van der Waals surface area contributed by atoms with Gasteiger partial charge in [0.2, 0.25) is 0 Å². The third kappa shape index (κ3) is 4.72. The number of carbonyl (C=O) groups is 1. The molecule has 0 saturated heterocycles. The third-order valence-corrected chi connectivity index (χ3v) is 4.68. The highest BCUT2D eigenvalue weighted by Crippen LogP contribution is 2.26. The monoisotopic (exact) mass is 361 g/mol. The van der Waals surface area contributed by atoms with E-state index in [1.807, 2.05) is 18.2 Å². The number of aliphatic hydroxyl groups is 1. The molecule has 3 N–H and O–H groups in total. The molecule has 2 unspecified atom stereocenters. The fourth-order valence-corrected chi connectivity index (χ4v) is 3.38. The number of rotatable bonds is 5. The van der Waals surface area contributed by atoms with E-state index in [0.29, 0.717) is 17.3 Å². The number of carboxylic acid groups (broad SMARTS) is 1. The molecule has 0 amide bonds. The van der Waals surface area contributed by atoms with Crippen molar-refractivity contribution in [3.05, 3.63) is 64.2 Å². The van der Waals surface area contributed by atoms with Gasteiger partial charge in [0.05, 0.1) is 6.10 Å². The Kier molecular flexibility index (Phi) is 5.58. The average molecular weight is 362 g/mol. The van der Waals surface area contributed by atoms with E-state index in [4.69, 9.17) is 21.4 Å². The Morgan fingerprint density at radius 1 is 1.28 bits per heavy atom. The van der Waals surface area contributed by atoms with Crippen molar-refractivity contribution >= 4 is 17.8 Å². The van der Waals surface area contributed by atoms with Gasteiger partial charge in [-0.25, -0.2) is 4.79 Å². The van der Waals surface area contributed by atoms with E-state index in [0.717, 1.165) is 30.4 Å². The Balaban J connectivity index is 1.59. The SMILES string of the molecule is O=C(O)Oc1ccc2c(c1)CC(NCC(O)c1cccc(Cl)c1)CC2. The maximum atomic E-state index is 10.7. The van der Waals surface area contributed by atoms with E-state index in [2.05, 4.69) is 5.32 Å². The number of fused-ring (bicyclic) bond motifs is 1. The number of halogens is 1. The van der Waals surface area contributed by atoms with Gasteiger partial charge in [-0.1, -0.05) is 29.8 Å². The van der Waals surface area contributed by atoms with Crippen LogP contribution in [0.1, 0.15) is 29.2 Å². The molecule has 1 aliphatic carbocycles. The normalized spacial score (nSPS) is 17.6. The lowest BCUT2D eigenvalue weighted by Gasteiger charge is -2.27. The summed E-state index contributed by atoms with van der Waals surface area (Å²) in [4.78, 5) is 10.7. The number of aliphatic hydroxyl groups excluding tert-OH is 1. The molecule has 2 aromatic carbocycles. The molecule has 0 saturated carbocycles. The van der Waals surface area contributed by atoms with Gasteiger partial charge >= 0.3 is 6.16 Å². The van der Waals surface area contributed by atoms with Gasteiger partial charge in [0, 0.05) is 17.6 Å². The molecule has 5 nitrogen and oxygen atoms in total. The number of hydrogen-bond acceptors (Lipinski definition) is 4. The van der Waals surface area contributed by atoms with E-state index in [1.54, 1.807) is 24.3 Å². The average Bonchev–Trinajstić information content (AvgIpc) is 2.58. The van der Waals surface area contributed by atoms with Crippen LogP contribution in [-0.4, -0.2) is 29.0 Å². The first-order chi connectivity index (χ1) is 12.0. The number of nitrogens with one attached hydrogen (secondary N) is 1. The van der Waals surface area contributed by atoms with Gasteiger partial charge in [-0.15, -0.1) is 0 Å². The third-order valence-electron chi connectivity index (χ3n) is 4.44. The van der Waals surface area contributed by atoms with Crippen LogP contribution < -0.4 is 10.1 Å². The number of hydrogen-bond donors (Lipinski definition) is 3. The van der Waals surface area contributed by atoms with E-state index >= 15 is 0 Å². The lowest BCUT2D eigenvalue weighted by molar-refractivity contribution is 0.144. The van der Waals surface area contributed by atoms with Gasteiger partial charge in [0.15, 0.2) is 0 Å². The minimum absolute atomic E-state index is 0.224. The van der Waals surface area contributed by atoms with Crippen LogP contribution in [0.3, 0.4) is 0 Å². The highest BCUT2D eigenvalue weighted by atomic mass is 35.5. The van der Waals surface area contributed by atoms with Gasteiger partial charge in [0.25, 0.3) is 0 Å². The molecule has 2 atom stereocenters. The predicted octanol–water partition coefficient (Wildman–Crippen LogP) is 3.58. The molecule has 25 heavy (non-hydrogen) atoms. The Bertz CT molecular complexity index is 765. The van der Waals surface area contributed by atoms with Crippen molar-refractivity contribution < 1.29 is 19.7 Å². The molecule has 1 aliphatic rings. The lowest BCUT2D eigenvalue weighted by atomic mass is 9.88. The van der Waals surface area contributed by atoms with Gasteiger partial charge in [-0.05, 0) is 60.2 Å². The molecule has 3 rings (SSSR count). The minimum atomic E-state index is -1.31. The fourth-order valence-electron chi connectivity index (χ4n) is 3.18. The molecule has 0 fully saturated rings. The summed E-state index contributed by atoms with van der Waals surface area (Å²) in [6.07, 6.45) is 0.716. The largest absolute Gasteiger partial charge is 0.511 e. The Labute approximate surface area is 151 Å². The topological polar surface area (TPSA) is 78.8 Å². The molecule has 6 heteroatoms. The standard InChI is InChI=1S/C19H20ClNO4/c20-15-3-1-2-13(8-15)18(22)11-21-16-6-4-12-5-7-17(25-19(23)24)10-14(12)9-16/h1-3,5,7-8,10,16,18,21-22H,4,6,9,11H2,(H,23,24). The Morgan fingerprint density at radius 2 is 2.12 bits per heavy atom. The highest BCUT2D eigenvalue weighted by molar-refractivity contribution is 6.30. The maximum absolute atomic E-state index is 10.7. The van der Waals surface area contributed by atoms with E-state index in [-0.39, 0.29) is 6.04 Å². The van der Waals surface area contributed by atoms with Crippen LogP contribution in [0.25, 0.3) is 0 Å². The Hall–Kier alpha value is -2.08. The first-order valence-corrected chi connectivity index (χ1v) is 8.58. The maximum Gasteiger partial charge on any atom is 0.511 e. The smallest absolute Gasteiger partial charge is 0.449 e. The summed E-state index contributed by atoms with van der Waals surface area (Å²) in [6, 6.07) is 12.8. The minimum Gasteiger partial charge on any atom is -0.449 e. The van der Waals surface area contributed by atoms with Crippen LogP contribution in [-0.2, 0) is 12.8 Å². The van der Waals surface area contributed by atoms with Gasteiger partial charge in [-0.2, -0.15) is 0 Å². The summed E-state index contributed by atoms with van der Waals surface area (Å²) >= 11 is 5.96. The molecule has 0 aromatic heterocycles. The summed E-state index contributed by atoms with van der Waals surface area (Å²) in [7, 11) is 0. The summed E-state index contributed by atoms with van der Waals surface area (Å²) in [6.45, 7) is 0.436. The molecule has 0 aliphatic heterocycles. The van der Waals surface area contributed by atoms with Crippen LogP contribution >= 0.6 is 11.6 Å². The van der Waals surface area contributed by atoms with Crippen molar-refractivity contribution in [3.8, 4) is 5.75 Å². The second kappa shape index (κ2) is 7.87. The second-order valence-corrected chi connectivity index (χ2v) is 6.65. The van der Waals surface area contributed by atoms with E-state index in [1.165, 1.54) is 5.56 Å². The van der Waals surface area contributed by atoms with Crippen molar-refractivity contribution in [1.29, 1.82) is 0 Å². The van der Waals surface area contributed by atoms with E-state index in [9.17, 15) is 9.90 Å². The summed E-state index contributed by atoms with van der Waals surface area (Å²) < 4.78 is 4.73.